The molecule has 0 N–H and O–H groups in total. The van der Waals surface area contributed by atoms with Crippen LogP contribution >= 0.6 is 0 Å². The molecule has 8 saturated carbocycles. The van der Waals surface area contributed by atoms with E-state index < -0.39 is 0 Å². The molecule has 0 heterocycles. The molecule has 8 rings (SSSR count). The van der Waals surface area contributed by atoms with Crippen LogP contribution in [0.25, 0.3) is 0 Å². The van der Waals surface area contributed by atoms with E-state index in [2.05, 4.69) is 9.80 Å². The van der Waals surface area contributed by atoms with Crippen molar-refractivity contribution in [2.24, 2.45) is 35.5 Å². The molecule has 6 atom stereocenters. The Morgan fingerprint density at radius 3 is 0.976 bits per heavy atom. The molecule has 238 valence electrons. The maximum absolute atomic E-state index is 3.38. The minimum Gasteiger partial charge on any atom is -0.294 e. The van der Waals surface area contributed by atoms with Gasteiger partial charge < -0.3 is 0 Å². The quantitative estimate of drug-likeness (QED) is 0.310. The molecule has 2 nitrogen and oxygen atoms in total. The number of nitrogens with zero attached hydrogens (tertiary/aromatic N) is 2. The third-order valence-corrected chi connectivity index (χ3v) is 15.6. The van der Waals surface area contributed by atoms with E-state index in [-0.39, 0.29) is 0 Å². The summed E-state index contributed by atoms with van der Waals surface area (Å²) in [6.45, 7) is 0. The van der Waals surface area contributed by atoms with Gasteiger partial charge in [-0.3, -0.25) is 9.80 Å². The van der Waals surface area contributed by atoms with Crippen LogP contribution in [0.1, 0.15) is 180 Å². The second-order valence-corrected chi connectivity index (χ2v) is 17.5. The van der Waals surface area contributed by atoms with E-state index in [1.165, 1.54) is 128 Å². The second kappa shape index (κ2) is 13.3. The Morgan fingerprint density at radius 1 is 0.286 bits per heavy atom. The van der Waals surface area contributed by atoms with Crippen LogP contribution in [0.2, 0.25) is 0 Å². The van der Waals surface area contributed by atoms with Gasteiger partial charge in [-0.1, -0.05) is 103 Å². The summed E-state index contributed by atoms with van der Waals surface area (Å²) in [5.74, 6) is 6.42. The lowest BCUT2D eigenvalue weighted by molar-refractivity contribution is -0.163. The average molecular weight is 577 g/mol. The fourth-order valence-electron chi connectivity index (χ4n) is 14.2. The third-order valence-electron chi connectivity index (χ3n) is 15.6. The monoisotopic (exact) mass is 577 g/mol. The lowest BCUT2D eigenvalue weighted by Gasteiger charge is -2.66. The Kier molecular flexibility index (Phi) is 9.32. The zero-order chi connectivity index (χ0) is 27.9. The van der Waals surface area contributed by atoms with Gasteiger partial charge in [0.05, 0.1) is 0 Å². The van der Waals surface area contributed by atoms with Gasteiger partial charge in [0, 0.05) is 36.3 Å². The number of hydrogen-bond acceptors (Lipinski definition) is 2. The molecule has 0 aliphatic heterocycles. The van der Waals surface area contributed by atoms with Crippen molar-refractivity contribution in [3.8, 4) is 0 Å². The van der Waals surface area contributed by atoms with Crippen LogP contribution in [0.15, 0.2) is 0 Å². The first-order valence-corrected chi connectivity index (χ1v) is 20.4. The van der Waals surface area contributed by atoms with Crippen LogP contribution in [-0.2, 0) is 0 Å². The van der Waals surface area contributed by atoms with Crippen molar-refractivity contribution in [3.05, 3.63) is 0 Å². The maximum atomic E-state index is 3.38. The van der Waals surface area contributed by atoms with E-state index in [1.54, 1.807) is 51.4 Å². The first kappa shape index (κ1) is 29.3. The van der Waals surface area contributed by atoms with Crippen molar-refractivity contribution in [3.63, 3.8) is 0 Å². The molecule has 0 spiro atoms. The van der Waals surface area contributed by atoms with Gasteiger partial charge in [-0.2, -0.15) is 0 Å². The summed E-state index contributed by atoms with van der Waals surface area (Å²) >= 11 is 0. The van der Waals surface area contributed by atoms with Gasteiger partial charge in [-0.15, -0.1) is 0 Å². The highest BCUT2D eigenvalue weighted by atomic mass is 15.2. The van der Waals surface area contributed by atoms with Gasteiger partial charge in [0.15, 0.2) is 0 Å². The molecule has 0 amide bonds. The Balaban J connectivity index is 1.14. The number of hydrogen-bond donors (Lipinski definition) is 0. The Hall–Kier alpha value is -0.0800. The van der Waals surface area contributed by atoms with E-state index in [4.69, 9.17) is 0 Å². The second-order valence-electron chi connectivity index (χ2n) is 17.5. The molecular formula is C40H68N2. The van der Waals surface area contributed by atoms with Crippen LogP contribution in [-0.4, -0.2) is 46.1 Å². The van der Waals surface area contributed by atoms with Gasteiger partial charge in [0.1, 0.15) is 0 Å². The lowest BCUT2D eigenvalue weighted by Crippen LogP contribution is -2.66. The third kappa shape index (κ3) is 5.60. The summed E-state index contributed by atoms with van der Waals surface area (Å²) in [6, 6.07) is 5.63. The van der Waals surface area contributed by atoms with Crippen molar-refractivity contribution in [1.82, 2.24) is 9.80 Å². The topological polar surface area (TPSA) is 6.48 Å². The predicted molar refractivity (Wildman–Crippen MR) is 177 cm³/mol. The summed E-state index contributed by atoms with van der Waals surface area (Å²) < 4.78 is 0. The van der Waals surface area contributed by atoms with E-state index in [0.29, 0.717) is 0 Å². The Labute approximate surface area is 260 Å². The first-order valence-electron chi connectivity index (χ1n) is 20.4. The number of rotatable bonds is 6. The molecular weight excluding hydrogens is 508 g/mol. The average Bonchev–Trinajstić information content (AvgIpc) is 3.06. The van der Waals surface area contributed by atoms with Gasteiger partial charge in [0.2, 0.25) is 0 Å². The molecule has 0 aromatic carbocycles. The largest absolute Gasteiger partial charge is 0.294 e. The maximum Gasteiger partial charge on any atom is 0.0135 e. The van der Waals surface area contributed by atoms with Crippen molar-refractivity contribution >= 4 is 0 Å². The van der Waals surface area contributed by atoms with Crippen LogP contribution in [0, 0.1) is 35.5 Å². The van der Waals surface area contributed by atoms with Crippen LogP contribution < -0.4 is 0 Å². The zero-order valence-corrected chi connectivity index (χ0v) is 27.6. The van der Waals surface area contributed by atoms with Gasteiger partial charge in [-0.25, -0.2) is 0 Å². The van der Waals surface area contributed by atoms with Crippen molar-refractivity contribution in [2.75, 3.05) is 0 Å². The molecule has 8 aliphatic carbocycles. The van der Waals surface area contributed by atoms with Crippen LogP contribution in [0.4, 0.5) is 0 Å². The van der Waals surface area contributed by atoms with Crippen LogP contribution in [0.5, 0.6) is 0 Å². The SMILES string of the molecule is C1CCC(N(C2CCCCC2)C2CC3CCCC4CC(N(C5CCCCC5)C5CCCCC5)C5CCCC2C5C34)CC1. The smallest absolute Gasteiger partial charge is 0.0135 e. The minimum absolute atomic E-state index is 0.934. The highest BCUT2D eigenvalue weighted by molar-refractivity contribution is 5.11. The molecule has 42 heavy (non-hydrogen) atoms. The summed E-state index contributed by atoms with van der Waals surface area (Å²) in [5.41, 5.74) is 0. The standard InChI is InChI=1S/C40H68N2/c1-5-17-31(18-6-1)41(32-19-7-2-8-20-32)37-27-29-15-13-16-30-28-38(36-26-14-25-35(37)40(36)39(29)30)42(33-21-9-3-10-22-33)34-23-11-4-12-24-34/h29-40H,1-28H2. The predicted octanol–water partition coefficient (Wildman–Crippen LogP) is 10.5. The molecule has 8 fully saturated rings. The lowest BCUT2D eigenvalue weighted by atomic mass is 9.45. The first-order chi connectivity index (χ1) is 20.9. The molecule has 8 aliphatic rings. The molecule has 0 radical (unpaired) electrons. The fraction of sp³-hybridized carbons (Fsp3) is 1.00. The van der Waals surface area contributed by atoms with E-state index in [1.807, 2.05) is 0 Å². The van der Waals surface area contributed by atoms with E-state index >= 15 is 0 Å². The Bertz CT molecular complexity index is 744. The Morgan fingerprint density at radius 2 is 0.619 bits per heavy atom. The van der Waals surface area contributed by atoms with Crippen molar-refractivity contribution in [2.45, 2.75) is 216 Å². The molecule has 0 saturated heterocycles. The van der Waals surface area contributed by atoms with Gasteiger partial charge in [-0.05, 0) is 113 Å². The summed E-state index contributed by atoms with van der Waals surface area (Å²) in [4.78, 5) is 6.77. The highest BCUT2D eigenvalue weighted by Gasteiger charge is 2.59. The molecule has 0 aromatic rings. The molecule has 0 bridgehead atoms. The zero-order valence-electron chi connectivity index (χ0n) is 27.6. The van der Waals surface area contributed by atoms with Crippen LogP contribution in [0.3, 0.4) is 0 Å². The summed E-state index contributed by atoms with van der Waals surface area (Å²) in [6.07, 6.45) is 43.2. The van der Waals surface area contributed by atoms with Gasteiger partial charge >= 0.3 is 0 Å². The molecule has 2 heteroatoms. The van der Waals surface area contributed by atoms with Gasteiger partial charge in [0.25, 0.3) is 0 Å². The van der Waals surface area contributed by atoms with E-state index in [0.717, 1.165) is 71.8 Å². The van der Waals surface area contributed by atoms with Crippen molar-refractivity contribution < 1.29 is 0 Å². The molecule has 6 unspecified atom stereocenters. The van der Waals surface area contributed by atoms with E-state index in [9.17, 15) is 0 Å². The minimum atomic E-state index is 0.934. The highest BCUT2D eigenvalue weighted by Crippen LogP contribution is 2.62. The van der Waals surface area contributed by atoms with Crippen molar-refractivity contribution in [1.29, 1.82) is 0 Å². The summed E-state index contributed by atoms with van der Waals surface area (Å²) in [5, 5.41) is 0. The summed E-state index contributed by atoms with van der Waals surface area (Å²) in [7, 11) is 0. The molecule has 0 aromatic heterocycles. The normalized spacial score (nSPS) is 43.0. The fourth-order valence-corrected chi connectivity index (χ4v) is 14.2.